The van der Waals surface area contributed by atoms with Gasteiger partial charge in [0.2, 0.25) is 0 Å². The molecule has 1 saturated heterocycles. The van der Waals surface area contributed by atoms with E-state index in [1.165, 1.54) is 19.1 Å². The molecule has 0 saturated carbocycles. The van der Waals surface area contributed by atoms with Gasteiger partial charge >= 0.3 is 12.4 Å². The summed E-state index contributed by atoms with van der Waals surface area (Å²) in [6.45, 7) is 3.84. The fraction of sp³-hybridized carbons (Fsp3) is 0.423. The zero-order valence-electron chi connectivity index (χ0n) is 19.5. The second-order valence-corrected chi connectivity index (χ2v) is 9.21. The van der Waals surface area contributed by atoms with E-state index in [0.717, 1.165) is 11.3 Å². The molecule has 0 unspecified atom stereocenters. The Hall–Kier alpha value is -2.88. The Kier molecular flexibility index (Phi) is 6.94. The van der Waals surface area contributed by atoms with Crippen LogP contribution < -0.4 is 0 Å². The molecule has 4 rings (SSSR count). The predicted molar refractivity (Wildman–Crippen MR) is 117 cm³/mol. The van der Waals surface area contributed by atoms with E-state index in [9.17, 15) is 35.5 Å². The molecule has 2 aromatic carbocycles. The maximum absolute atomic E-state index is 13.5. The molecule has 0 spiro atoms. The highest BCUT2D eigenvalue weighted by Gasteiger charge is 2.40. The molecule has 2 aromatic rings. The molecule has 36 heavy (non-hydrogen) atoms. The smallest absolute Gasteiger partial charge is 0.371 e. The van der Waals surface area contributed by atoms with Crippen LogP contribution in [0.4, 0.5) is 30.7 Å². The van der Waals surface area contributed by atoms with Gasteiger partial charge in [0.15, 0.2) is 5.78 Å². The molecule has 0 amide bonds. The molecule has 0 aromatic heterocycles. The quantitative estimate of drug-likeness (QED) is 0.400. The SMILES string of the molecule is CC1=C(N2C[C@@H](O[C@H](C)c3cc(C(F)(F)F)cc(C(F)(F)F)c3)[C@H](c3ccc(F)cc3)C2)CCC1=O. The van der Waals surface area contributed by atoms with Gasteiger partial charge in [-0.3, -0.25) is 4.79 Å². The molecule has 0 radical (unpaired) electrons. The lowest BCUT2D eigenvalue weighted by Crippen LogP contribution is -2.25. The number of hydrogen-bond acceptors (Lipinski definition) is 3. The van der Waals surface area contributed by atoms with Crippen LogP contribution >= 0.6 is 0 Å². The van der Waals surface area contributed by atoms with E-state index < -0.39 is 41.5 Å². The lowest BCUT2D eigenvalue weighted by atomic mass is 9.95. The van der Waals surface area contributed by atoms with E-state index in [0.29, 0.717) is 37.1 Å². The third-order valence-corrected chi connectivity index (χ3v) is 6.84. The van der Waals surface area contributed by atoms with E-state index in [4.69, 9.17) is 4.74 Å². The van der Waals surface area contributed by atoms with Crippen molar-refractivity contribution < 1.29 is 40.3 Å². The molecule has 3 nitrogen and oxygen atoms in total. The topological polar surface area (TPSA) is 29.5 Å². The first-order valence-corrected chi connectivity index (χ1v) is 11.4. The molecule has 3 atom stereocenters. The van der Waals surface area contributed by atoms with Gasteiger partial charge < -0.3 is 9.64 Å². The zero-order valence-corrected chi connectivity index (χ0v) is 19.5. The Morgan fingerprint density at radius 2 is 1.50 bits per heavy atom. The van der Waals surface area contributed by atoms with Crippen molar-refractivity contribution in [2.45, 2.75) is 57.2 Å². The van der Waals surface area contributed by atoms with Gasteiger partial charge in [-0.25, -0.2) is 4.39 Å². The van der Waals surface area contributed by atoms with Crippen LogP contribution in [0, 0.1) is 5.82 Å². The highest BCUT2D eigenvalue weighted by Crippen LogP contribution is 2.41. The Labute approximate surface area is 203 Å². The van der Waals surface area contributed by atoms with Crippen LogP contribution in [0.2, 0.25) is 0 Å². The monoisotopic (exact) mass is 515 g/mol. The number of ketones is 1. The van der Waals surface area contributed by atoms with Crippen molar-refractivity contribution in [2.75, 3.05) is 13.1 Å². The molecule has 0 N–H and O–H groups in total. The molecule has 194 valence electrons. The third kappa shape index (κ3) is 5.43. The van der Waals surface area contributed by atoms with Crippen LogP contribution in [0.3, 0.4) is 0 Å². The average molecular weight is 515 g/mol. The first-order valence-electron chi connectivity index (χ1n) is 11.4. The van der Waals surface area contributed by atoms with Crippen molar-refractivity contribution in [3.63, 3.8) is 0 Å². The van der Waals surface area contributed by atoms with Crippen molar-refractivity contribution in [1.82, 2.24) is 4.90 Å². The zero-order chi connectivity index (χ0) is 26.4. The number of ether oxygens (including phenoxy) is 1. The fourth-order valence-corrected chi connectivity index (χ4v) is 4.88. The lowest BCUT2D eigenvalue weighted by molar-refractivity contribution is -0.143. The number of nitrogens with zero attached hydrogens (tertiary/aromatic N) is 1. The number of carbonyl (C=O) groups is 1. The number of benzene rings is 2. The standard InChI is InChI=1S/C26H24F7NO2/c1-14-22(7-8-23(14)35)34-12-21(16-3-5-20(27)6-4-16)24(13-34)36-15(2)17-9-18(25(28,29)30)11-19(10-17)26(31,32)33/h3-6,9-11,15,21,24H,7-8,12-13H2,1-2H3/t15-,21+,24-/m1/s1. The molecular weight excluding hydrogens is 491 g/mol. The van der Waals surface area contributed by atoms with Crippen molar-refractivity contribution >= 4 is 5.78 Å². The van der Waals surface area contributed by atoms with Crippen LogP contribution in [0.25, 0.3) is 0 Å². The second-order valence-electron chi connectivity index (χ2n) is 9.21. The van der Waals surface area contributed by atoms with Crippen molar-refractivity contribution in [3.05, 3.63) is 81.8 Å². The average Bonchev–Trinajstić information content (AvgIpc) is 3.35. The van der Waals surface area contributed by atoms with Crippen LogP contribution in [0.1, 0.15) is 61.0 Å². The first kappa shape index (κ1) is 26.2. The second kappa shape index (κ2) is 9.53. The lowest BCUT2D eigenvalue weighted by Gasteiger charge is -2.25. The van der Waals surface area contributed by atoms with Gasteiger partial charge in [0.05, 0.1) is 23.3 Å². The highest BCUT2D eigenvalue weighted by molar-refractivity contribution is 5.97. The minimum atomic E-state index is -4.96. The van der Waals surface area contributed by atoms with E-state index in [-0.39, 0.29) is 29.9 Å². The van der Waals surface area contributed by atoms with Gasteiger partial charge in [0.1, 0.15) is 5.82 Å². The van der Waals surface area contributed by atoms with Gasteiger partial charge in [-0.15, -0.1) is 0 Å². The Morgan fingerprint density at radius 3 is 2.00 bits per heavy atom. The molecule has 1 heterocycles. The largest absolute Gasteiger partial charge is 0.416 e. The summed E-state index contributed by atoms with van der Waals surface area (Å²) < 4.78 is 99.6. The summed E-state index contributed by atoms with van der Waals surface area (Å²) in [5, 5.41) is 0. The summed E-state index contributed by atoms with van der Waals surface area (Å²) in [4.78, 5) is 14.0. The van der Waals surface area contributed by atoms with E-state index >= 15 is 0 Å². The Bertz CT molecular complexity index is 1140. The number of halogens is 7. The summed E-state index contributed by atoms with van der Waals surface area (Å²) >= 11 is 0. The van der Waals surface area contributed by atoms with E-state index in [2.05, 4.69) is 0 Å². The molecule has 2 aliphatic rings. The number of Topliss-reactive ketones (excluding diaryl/α,β-unsaturated/α-hetero) is 1. The Balaban J connectivity index is 1.66. The maximum Gasteiger partial charge on any atom is 0.416 e. The number of allylic oxidation sites excluding steroid dienone is 2. The van der Waals surface area contributed by atoms with Crippen LogP contribution in [0.5, 0.6) is 0 Å². The van der Waals surface area contributed by atoms with E-state index in [1.807, 2.05) is 4.90 Å². The van der Waals surface area contributed by atoms with E-state index in [1.54, 1.807) is 19.1 Å². The number of hydrogen-bond donors (Lipinski definition) is 0. The van der Waals surface area contributed by atoms with Crippen LogP contribution in [0.15, 0.2) is 53.7 Å². The third-order valence-electron chi connectivity index (χ3n) is 6.84. The predicted octanol–water partition coefficient (Wildman–Crippen LogP) is 7.05. The van der Waals surface area contributed by atoms with Gasteiger partial charge in [0, 0.05) is 36.7 Å². The minimum absolute atomic E-state index is 0.0321. The van der Waals surface area contributed by atoms with Crippen molar-refractivity contribution in [1.29, 1.82) is 0 Å². The number of likely N-dealkylation sites (tertiary alicyclic amines) is 1. The summed E-state index contributed by atoms with van der Waals surface area (Å²) in [6.07, 6.45) is -10.7. The van der Waals surface area contributed by atoms with Gasteiger partial charge in [-0.05, 0) is 61.7 Å². The van der Waals surface area contributed by atoms with Gasteiger partial charge in [0.25, 0.3) is 0 Å². The number of alkyl halides is 6. The minimum Gasteiger partial charge on any atom is -0.371 e. The highest BCUT2D eigenvalue weighted by atomic mass is 19.4. The molecular formula is C26H24F7NO2. The molecule has 10 heteroatoms. The van der Waals surface area contributed by atoms with Gasteiger partial charge in [-0.1, -0.05) is 12.1 Å². The molecule has 1 aliphatic carbocycles. The van der Waals surface area contributed by atoms with Crippen LogP contribution in [-0.2, 0) is 21.9 Å². The van der Waals surface area contributed by atoms with Crippen LogP contribution in [-0.4, -0.2) is 29.9 Å². The van der Waals surface area contributed by atoms with Gasteiger partial charge in [-0.2, -0.15) is 26.3 Å². The summed E-state index contributed by atoms with van der Waals surface area (Å²) in [5.74, 6) is -0.746. The number of carbonyl (C=O) groups excluding carboxylic acids is 1. The maximum atomic E-state index is 13.5. The van der Waals surface area contributed by atoms with Crippen molar-refractivity contribution in [2.24, 2.45) is 0 Å². The molecule has 1 fully saturated rings. The summed E-state index contributed by atoms with van der Waals surface area (Å²) in [7, 11) is 0. The fourth-order valence-electron chi connectivity index (χ4n) is 4.88. The Morgan fingerprint density at radius 1 is 0.917 bits per heavy atom. The first-order chi connectivity index (χ1) is 16.7. The summed E-state index contributed by atoms with van der Waals surface area (Å²) in [6, 6.07) is 7.15. The summed E-state index contributed by atoms with van der Waals surface area (Å²) in [5.41, 5.74) is -0.857. The normalized spacial score (nSPS) is 22.0. The number of rotatable bonds is 5. The van der Waals surface area contributed by atoms with Crippen molar-refractivity contribution in [3.8, 4) is 0 Å². The molecule has 1 aliphatic heterocycles. The molecule has 0 bridgehead atoms.